The third-order valence-electron chi connectivity index (χ3n) is 4.17. The fourth-order valence-electron chi connectivity index (χ4n) is 3.02. The number of nitrogens with zero attached hydrogens (tertiary/aromatic N) is 3. The fourth-order valence-corrected chi connectivity index (χ4v) is 3.67. The average molecular weight is 342 g/mol. The molecule has 0 saturated carbocycles. The van der Waals surface area contributed by atoms with Gasteiger partial charge in [-0.05, 0) is 23.6 Å². The van der Waals surface area contributed by atoms with E-state index in [4.69, 9.17) is 4.42 Å². The van der Waals surface area contributed by atoms with Gasteiger partial charge in [0.25, 0.3) is 0 Å². The molecule has 0 bridgehead atoms. The summed E-state index contributed by atoms with van der Waals surface area (Å²) in [6.45, 7) is 2.73. The third-order valence-corrected chi connectivity index (χ3v) is 5.05. The van der Waals surface area contributed by atoms with Gasteiger partial charge in [0.15, 0.2) is 0 Å². The van der Waals surface area contributed by atoms with Crippen molar-refractivity contribution >= 4 is 17.2 Å². The lowest BCUT2D eigenvalue weighted by molar-refractivity contribution is -0.126. The van der Waals surface area contributed by atoms with Gasteiger partial charge in [-0.15, -0.1) is 11.3 Å². The molecule has 7 heteroatoms. The highest BCUT2D eigenvalue weighted by Gasteiger charge is 2.30. The topological polar surface area (TPSA) is 63.3 Å². The van der Waals surface area contributed by atoms with Gasteiger partial charge in [-0.25, -0.2) is 0 Å². The molecule has 0 spiro atoms. The van der Waals surface area contributed by atoms with Crippen LogP contribution in [-0.4, -0.2) is 27.1 Å². The lowest BCUT2D eigenvalue weighted by Crippen LogP contribution is -2.44. The van der Waals surface area contributed by atoms with Crippen molar-refractivity contribution in [3.63, 3.8) is 0 Å². The minimum absolute atomic E-state index is 0.00486. The fraction of sp³-hybridized carbons (Fsp3) is 0.294. The van der Waals surface area contributed by atoms with E-state index >= 15 is 0 Å². The Bertz CT molecular complexity index is 795. The molecule has 6 nitrogen and oxygen atoms in total. The van der Waals surface area contributed by atoms with E-state index in [-0.39, 0.29) is 11.9 Å². The third kappa shape index (κ3) is 3.13. The number of amides is 1. The summed E-state index contributed by atoms with van der Waals surface area (Å²) in [5.74, 6) is 0.00486. The zero-order chi connectivity index (χ0) is 16.4. The molecule has 0 aromatic carbocycles. The highest BCUT2D eigenvalue weighted by atomic mass is 32.1. The van der Waals surface area contributed by atoms with Gasteiger partial charge >= 0.3 is 0 Å². The summed E-state index contributed by atoms with van der Waals surface area (Å²) in [5, 5.41) is 9.39. The van der Waals surface area contributed by atoms with Crippen molar-refractivity contribution in [2.75, 3.05) is 6.54 Å². The van der Waals surface area contributed by atoms with Crippen LogP contribution in [-0.2, 0) is 24.4 Å². The van der Waals surface area contributed by atoms with Crippen molar-refractivity contribution in [3.05, 3.63) is 64.5 Å². The van der Waals surface area contributed by atoms with Gasteiger partial charge in [0.2, 0.25) is 5.91 Å². The molecule has 3 aromatic heterocycles. The van der Waals surface area contributed by atoms with Crippen LogP contribution in [0.4, 0.5) is 0 Å². The first kappa shape index (κ1) is 15.2. The van der Waals surface area contributed by atoms with Crippen LogP contribution in [0.25, 0.3) is 0 Å². The molecule has 24 heavy (non-hydrogen) atoms. The molecule has 0 fully saturated rings. The number of hydrogen-bond acceptors (Lipinski definition) is 5. The number of furan rings is 1. The summed E-state index contributed by atoms with van der Waals surface area (Å²) in [7, 11) is 0. The number of carbonyl (C=O) groups is 1. The van der Waals surface area contributed by atoms with Crippen LogP contribution in [0.5, 0.6) is 0 Å². The SMILES string of the molecule is O=C(NCc1cccs1)C1CN(Cc2ccoc2)Cc2ccnn21. The van der Waals surface area contributed by atoms with Crippen molar-refractivity contribution in [2.24, 2.45) is 0 Å². The predicted molar refractivity (Wildman–Crippen MR) is 90.3 cm³/mol. The van der Waals surface area contributed by atoms with Crippen molar-refractivity contribution in [1.29, 1.82) is 0 Å². The highest BCUT2D eigenvalue weighted by Crippen LogP contribution is 2.22. The Morgan fingerprint density at radius 1 is 1.42 bits per heavy atom. The summed E-state index contributed by atoms with van der Waals surface area (Å²) in [4.78, 5) is 16.1. The Kier molecular flexibility index (Phi) is 4.18. The largest absolute Gasteiger partial charge is 0.472 e. The minimum Gasteiger partial charge on any atom is -0.472 e. The first-order valence-electron chi connectivity index (χ1n) is 7.85. The first-order chi connectivity index (χ1) is 11.8. The van der Waals surface area contributed by atoms with Crippen LogP contribution in [0.3, 0.4) is 0 Å². The summed E-state index contributed by atoms with van der Waals surface area (Å²) in [6.07, 6.45) is 5.18. The van der Waals surface area contributed by atoms with Gasteiger partial charge in [0.05, 0.1) is 24.8 Å². The number of nitrogens with one attached hydrogen (secondary N) is 1. The van der Waals surface area contributed by atoms with Crippen LogP contribution in [0, 0.1) is 0 Å². The molecule has 3 aromatic rings. The van der Waals surface area contributed by atoms with Crippen molar-refractivity contribution in [3.8, 4) is 0 Å². The molecule has 4 rings (SSSR count). The Morgan fingerprint density at radius 2 is 2.38 bits per heavy atom. The van der Waals surface area contributed by atoms with Gasteiger partial charge < -0.3 is 9.73 Å². The van der Waals surface area contributed by atoms with Crippen LogP contribution in [0.2, 0.25) is 0 Å². The summed E-state index contributed by atoms with van der Waals surface area (Å²) >= 11 is 1.64. The second kappa shape index (κ2) is 6.62. The molecule has 4 heterocycles. The molecule has 1 N–H and O–H groups in total. The predicted octanol–water partition coefficient (Wildman–Crippen LogP) is 2.41. The van der Waals surface area contributed by atoms with Gasteiger partial charge in [-0.3, -0.25) is 14.4 Å². The summed E-state index contributed by atoms with van der Waals surface area (Å²) in [5.41, 5.74) is 2.17. The minimum atomic E-state index is -0.310. The molecule has 1 amide bonds. The van der Waals surface area contributed by atoms with Crippen LogP contribution >= 0.6 is 11.3 Å². The van der Waals surface area contributed by atoms with Gasteiger partial charge in [-0.1, -0.05) is 6.07 Å². The van der Waals surface area contributed by atoms with Crippen molar-refractivity contribution in [1.82, 2.24) is 20.0 Å². The molecule has 1 aliphatic heterocycles. The number of fused-ring (bicyclic) bond motifs is 1. The zero-order valence-electron chi connectivity index (χ0n) is 13.1. The molecule has 1 unspecified atom stereocenters. The van der Waals surface area contributed by atoms with Gasteiger partial charge in [-0.2, -0.15) is 5.10 Å². The lowest BCUT2D eigenvalue weighted by Gasteiger charge is -2.32. The molecule has 0 radical (unpaired) electrons. The Hall–Kier alpha value is -2.38. The molecule has 124 valence electrons. The van der Waals surface area contributed by atoms with E-state index < -0.39 is 0 Å². The van der Waals surface area contributed by atoms with E-state index in [1.807, 2.05) is 34.3 Å². The van der Waals surface area contributed by atoms with Crippen LogP contribution in [0.1, 0.15) is 22.2 Å². The molecular formula is C17H18N4O2S. The maximum absolute atomic E-state index is 12.7. The lowest BCUT2D eigenvalue weighted by atomic mass is 10.1. The Morgan fingerprint density at radius 3 is 3.17 bits per heavy atom. The number of thiophene rings is 1. The van der Waals surface area contributed by atoms with Crippen LogP contribution < -0.4 is 5.32 Å². The Balaban J connectivity index is 1.47. The van der Waals surface area contributed by atoms with Gasteiger partial charge in [0.1, 0.15) is 6.04 Å². The highest BCUT2D eigenvalue weighted by molar-refractivity contribution is 7.09. The molecular weight excluding hydrogens is 324 g/mol. The van der Waals surface area contributed by atoms with E-state index in [9.17, 15) is 4.79 Å². The Labute approximate surface area is 143 Å². The number of rotatable bonds is 5. The number of carbonyl (C=O) groups excluding carboxylic acids is 1. The number of aromatic nitrogens is 2. The maximum Gasteiger partial charge on any atom is 0.246 e. The second-order valence-corrected chi connectivity index (χ2v) is 6.91. The van der Waals surface area contributed by atoms with E-state index in [0.717, 1.165) is 29.2 Å². The monoisotopic (exact) mass is 342 g/mol. The normalized spacial score (nSPS) is 17.6. The van der Waals surface area contributed by atoms with E-state index in [2.05, 4.69) is 15.3 Å². The standard InChI is InChI=1S/C17H18N4O2S/c22-17(18-8-15-2-1-7-24-15)16-11-20(9-13-4-6-23-12-13)10-14-3-5-19-21(14)16/h1-7,12,16H,8-11H2,(H,18,22). The zero-order valence-corrected chi connectivity index (χ0v) is 13.9. The molecule has 0 aliphatic carbocycles. The average Bonchev–Trinajstić information content (AvgIpc) is 3.33. The summed E-state index contributed by atoms with van der Waals surface area (Å²) in [6, 6.07) is 7.64. The quantitative estimate of drug-likeness (QED) is 0.773. The van der Waals surface area contributed by atoms with Gasteiger partial charge in [0, 0.05) is 36.3 Å². The molecule has 1 atom stereocenters. The second-order valence-electron chi connectivity index (χ2n) is 5.88. The van der Waals surface area contributed by atoms with Crippen molar-refractivity contribution in [2.45, 2.75) is 25.7 Å². The first-order valence-corrected chi connectivity index (χ1v) is 8.73. The molecule has 1 aliphatic rings. The number of hydrogen-bond donors (Lipinski definition) is 1. The van der Waals surface area contributed by atoms with E-state index in [0.29, 0.717) is 13.1 Å². The van der Waals surface area contributed by atoms with E-state index in [1.165, 1.54) is 0 Å². The molecule has 0 saturated heterocycles. The smallest absolute Gasteiger partial charge is 0.246 e. The summed E-state index contributed by atoms with van der Waals surface area (Å²) < 4.78 is 6.99. The van der Waals surface area contributed by atoms with Crippen LogP contribution in [0.15, 0.2) is 52.8 Å². The maximum atomic E-state index is 12.7. The van der Waals surface area contributed by atoms with Crippen molar-refractivity contribution < 1.29 is 9.21 Å². The van der Waals surface area contributed by atoms with E-state index in [1.54, 1.807) is 30.1 Å².